The normalized spacial score (nSPS) is 20.6. The predicted molar refractivity (Wildman–Crippen MR) is 103 cm³/mol. The van der Waals surface area contributed by atoms with Crippen molar-refractivity contribution in [1.82, 2.24) is 5.01 Å². The highest BCUT2D eigenvalue weighted by atomic mass is 35.5. The molecule has 28 heavy (non-hydrogen) atoms. The smallest absolute Gasteiger partial charge is 0.263 e. The van der Waals surface area contributed by atoms with Gasteiger partial charge in [-0.25, -0.2) is 4.90 Å². The van der Waals surface area contributed by atoms with Crippen molar-refractivity contribution in [3.63, 3.8) is 0 Å². The van der Waals surface area contributed by atoms with Crippen LogP contribution in [-0.2, 0) is 14.4 Å². The molecule has 0 saturated carbocycles. The minimum absolute atomic E-state index is 0.221. The van der Waals surface area contributed by atoms with Crippen molar-refractivity contribution in [1.29, 1.82) is 0 Å². The SMILES string of the molecule is O=C(CN1N=N[C@H]2C(=O)N(c3ccc(Cl)cc3)C(=O)[C@@H]21)Nc1ccc(Cl)cc1. The number of fused-ring (bicyclic) bond motifs is 1. The Morgan fingerprint density at radius 1 is 0.964 bits per heavy atom. The molecule has 2 aromatic rings. The zero-order valence-electron chi connectivity index (χ0n) is 14.3. The maximum Gasteiger partial charge on any atom is 0.263 e. The van der Waals surface area contributed by atoms with E-state index < -0.39 is 29.8 Å². The van der Waals surface area contributed by atoms with E-state index in [4.69, 9.17) is 23.2 Å². The molecule has 2 heterocycles. The van der Waals surface area contributed by atoms with Gasteiger partial charge < -0.3 is 5.32 Å². The van der Waals surface area contributed by atoms with E-state index in [0.29, 0.717) is 21.4 Å². The molecule has 3 amide bonds. The summed E-state index contributed by atoms with van der Waals surface area (Å²) in [7, 11) is 0. The van der Waals surface area contributed by atoms with Crippen LogP contribution < -0.4 is 10.2 Å². The highest BCUT2D eigenvalue weighted by molar-refractivity contribution is 6.31. The van der Waals surface area contributed by atoms with E-state index in [1.165, 1.54) is 5.01 Å². The van der Waals surface area contributed by atoms with Gasteiger partial charge in [-0.1, -0.05) is 28.4 Å². The zero-order chi connectivity index (χ0) is 19.8. The molecule has 0 radical (unpaired) electrons. The second-order valence-corrected chi connectivity index (χ2v) is 7.11. The van der Waals surface area contributed by atoms with Gasteiger partial charge in [0.15, 0.2) is 12.1 Å². The van der Waals surface area contributed by atoms with E-state index in [2.05, 4.69) is 15.7 Å². The fraction of sp³-hybridized carbons (Fsp3) is 0.167. The zero-order valence-corrected chi connectivity index (χ0v) is 15.8. The van der Waals surface area contributed by atoms with E-state index >= 15 is 0 Å². The summed E-state index contributed by atoms with van der Waals surface area (Å²) in [5.41, 5.74) is 0.952. The summed E-state index contributed by atoms with van der Waals surface area (Å²) < 4.78 is 0. The molecular formula is C18H13Cl2N5O3. The van der Waals surface area contributed by atoms with E-state index in [1.54, 1.807) is 48.5 Å². The highest BCUT2D eigenvalue weighted by Gasteiger charge is 2.55. The number of nitrogens with one attached hydrogen (secondary N) is 1. The number of hydrogen-bond acceptors (Lipinski definition) is 6. The van der Waals surface area contributed by atoms with Gasteiger partial charge in [0.2, 0.25) is 5.91 Å². The van der Waals surface area contributed by atoms with Gasteiger partial charge in [-0.2, -0.15) is 5.11 Å². The number of imide groups is 1. The Bertz CT molecular complexity index is 978. The van der Waals surface area contributed by atoms with Crippen LogP contribution in [0.3, 0.4) is 0 Å². The molecule has 2 aliphatic heterocycles. The van der Waals surface area contributed by atoms with E-state index in [0.717, 1.165) is 4.90 Å². The first-order valence-electron chi connectivity index (χ1n) is 8.30. The molecule has 0 aromatic heterocycles. The Hall–Kier alpha value is -2.97. The lowest BCUT2D eigenvalue weighted by Crippen LogP contribution is -2.43. The van der Waals surface area contributed by atoms with Crippen LogP contribution in [0.1, 0.15) is 0 Å². The second-order valence-electron chi connectivity index (χ2n) is 6.24. The molecule has 10 heteroatoms. The van der Waals surface area contributed by atoms with Crippen molar-refractivity contribution in [2.45, 2.75) is 12.1 Å². The average molecular weight is 418 g/mol. The van der Waals surface area contributed by atoms with Gasteiger partial charge in [-0.3, -0.25) is 19.4 Å². The number of amides is 3. The highest BCUT2D eigenvalue weighted by Crippen LogP contribution is 2.32. The number of nitrogens with zero attached hydrogens (tertiary/aromatic N) is 4. The Morgan fingerprint density at radius 2 is 1.57 bits per heavy atom. The third-order valence-electron chi connectivity index (χ3n) is 4.38. The van der Waals surface area contributed by atoms with Crippen LogP contribution in [-0.4, -0.2) is 41.4 Å². The van der Waals surface area contributed by atoms with Crippen molar-refractivity contribution < 1.29 is 14.4 Å². The lowest BCUT2D eigenvalue weighted by Gasteiger charge is -2.20. The molecule has 4 rings (SSSR count). The van der Waals surface area contributed by atoms with Crippen LogP contribution in [0.15, 0.2) is 58.9 Å². The predicted octanol–water partition coefficient (Wildman–Crippen LogP) is 2.93. The topological polar surface area (TPSA) is 94.4 Å². The number of benzene rings is 2. The standard InChI is InChI=1S/C18H13Cl2N5O3/c19-10-1-5-12(6-2-10)21-14(26)9-24-16-15(22-23-24)17(27)25(18(16)28)13-7-3-11(20)4-8-13/h1-8,15-16H,9H2,(H,21,26)/t15-,16-/m1/s1. The third kappa shape index (κ3) is 3.32. The fourth-order valence-electron chi connectivity index (χ4n) is 3.08. The number of rotatable bonds is 4. The van der Waals surface area contributed by atoms with Crippen molar-refractivity contribution in [3.8, 4) is 0 Å². The third-order valence-corrected chi connectivity index (χ3v) is 4.88. The first-order chi connectivity index (χ1) is 13.4. The van der Waals surface area contributed by atoms with Crippen molar-refractivity contribution in [2.24, 2.45) is 10.3 Å². The minimum Gasteiger partial charge on any atom is -0.324 e. The Balaban J connectivity index is 1.48. The molecule has 0 aliphatic carbocycles. The Labute approximate surface area is 169 Å². The fourth-order valence-corrected chi connectivity index (χ4v) is 3.33. The van der Waals surface area contributed by atoms with Crippen LogP contribution in [0.4, 0.5) is 11.4 Å². The quantitative estimate of drug-likeness (QED) is 0.773. The number of halogens is 2. The first kappa shape index (κ1) is 18.4. The molecule has 2 aliphatic rings. The molecule has 2 atom stereocenters. The second kappa shape index (κ2) is 7.21. The summed E-state index contributed by atoms with van der Waals surface area (Å²) in [4.78, 5) is 38.8. The Morgan fingerprint density at radius 3 is 2.21 bits per heavy atom. The number of carbonyl (C=O) groups excluding carboxylic acids is 3. The molecule has 0 spiro atoms. The molecular weight excluding hydrogens is 405 g/mol. The van der Waals surface area contributed by atoms with Gasteiger partial charge in [0.25, 0.3) is 11.8 Å². The molecule has 1 N–H and O–H groups in total. The molecule has 8 nitrogen and oxygen atoms in total. The van der Waals surface area contributed by atoms with Crippen molar-refractivity contribution in [2.75, 3.05) is 16.8 Å². The number of hydrogen-bond donors (Lipinski definition) is 1. The van der Waals surface area contributed by atoms with Crippen LogP contribution in [0.5, 0.6) is 0 Å². The van der Waals surface area contributed by atoms with Crippen LogP contribution in [0, 0.1) is 0 Å². The van der Waals surface area contributed by atoms with E-state index in [1.807, 2.05) is 0 Å². The van der Waals surface area contributed by atoms with Gasteiger partial charge in [0, 0.05) is 15.7 Å². The largest absolute Gasteiger partial charge is 0.324 e. The first-order valence-corrected chi connectivity index (χ1v) is 9.06. The summed E-state index contributed by atoms with van der Waals surface area (Å²) in [5, 5.41) is 12.7. The summed E-state index contributed by atoms with van der Waals surface area (Å²) in [6.07, 6.45) is 0. The lowest BCUT2D eigenvalue weighted by molar-refractivity contribution is -0.123. The maximum atomic E-state index is 12.8. The maximum absolute atomic E-state index is 12.8. The van der Waals surface area contributed by atoms with Gasteiger partial charge in [-0.05, 0) is 48.5 Å². The molecule has 1 fully saturated rings. The van der Waals surface area contributed by atoms with E-state index in [9.17, 15) is 14.4 Å². The van der Waals surface area contributed by atoms with Gasteiger partial charge in [0.1, 0.15) is 6.54 Å². The van der Waals surface area contributed by atoms with Gasteiger partial charge >= 0.3 is 0 Å². The van der Waals surface area contributed by atoms with Crippen LogP contribution in [0.25, 0.3) is 0 Å². The van der Waals surface area contributed by atoms with Crippen LogP contribution in [0.2, 0.25) is 10.0 Å². The van der Waals surface area contributed by atoms with Crippen molar-refractivity contribution in [3.05, 3.63) is 58.6 Å². The molecule has 1 saturated heterocycles. The number of carbonyl (C=O) groups is 3. The van der Waals surface area contributed by atoms with Crippen LogP contribution >= 0.6 is 23.2 Å². The number of anilines is 2. The Kier molecular flexibility index (Phi) is 4.74. The molecule has 142 valence electrons. The monoisotopic (exact) mass is 417 g/mol. The summed E-state index contributed by atoms with van der Waals surface area (Å²) in [6, 6.07) is 11.0. The van der Waals surface area contributed by atoms with E-state index in [-0.39, 0.29) is 6.54 Å². The average Bonchev–Trinajstić information content (AvgIpc) is 3.18. The molecule has 0 unspecified atom stereocenters. The molecule has 2 aromatic carbocycles. The summed E-state index contributed by atoms with van der Waals surface area (Å²) in [6.45, 7) is -0.221. The van der Waals surface area contributed by atoms with Gasteiger partial charge in [-0.15, -0.1) is 0 Å². The molecule has 0 bridgehead atoms. The summed E-state index contributed by atoms with van der Waals surface area (Å²) in [5.74, 6) is -1.37. The minimum atomic E-state index is -0.966. The summed E-state index contributed by atoms with van der Waals surface area (Å²) >= 11 is 11.7. The van der Waals surface area contributed by atoms with Gasteiger partial charge in [0.05, 0.1) is 5.69 Å². The van der Waals surface area contributed by atoms with Crippen molar-refractivity contribution >= 4 is 52.3 Å². The lowest BCUT2D eigenvalue weighted by atomic mass is 10.1.